The Morgan fingerprint density at radius 1 is 0.880 bits per heavy atom. The number of halogens is 2. The molecule has 0 amide bonds. The van der Waals surface area contributed by atoms with Gasteiger partial charge in [0.25, 0.3) is 0 Å². The van der Waals surface area contributed by atoms with Crippen molar-refractivity contribution in [2.24, 2.45) is 5.10 Å². The van der Waals surface area contributed by atoms with Crippen LogP contribution in [0.3, 0.4) is 0 Å². The summed E-state index contributed by atoms with van der Waals surface area (Å²) < 4.78 is 1.04. The van der Waals surface area contributed by atoms with E-state index in [1.807, 2.05) is 35.9 Å². The molecule has 0 saturated heterocycles. The quantitative estimate of drug-likeness (QED) is 0.235. The molecule has 0 atom stereocenters. The van der Waals surface area contributed by atoms with Gasteiger partial charge in [0, 0.05) is 10.2 Å². The molecule has 0 radical (unpaired) electrons. The second-order valence-electron chi connectivity index (χ2n) is 5.23. The molecule has 0 saturated carbocycles. The number of hydrazone groups is 1. The minimum Gasteiger partial charge on any atom is -0.278 e. The van der Waals surface area contributed by atoms with Gasteiger partial charge in [-0.2, -0.15) is 5.10 Å². The third-order valence-electron chi connectivity index (χ3n) is 3.46. The van der Waals surface area contributed by atoms with E-state index in [2.05, 4.69) is 75.0 Å². The number of hydrogen-bond acceptors (Lipinski definition) is 3. The van der Waals surface area contributed by atoms with Crippen molar-refractivity contribution < 1.29 is 0 Å². The molecule has 0 spiro atoms. The Labute approximate surface area is 171 Å². The Hall–Kier alpha value is -1.56. The topological polar surface area (TPSA) is 24.4 Å². The van der Waals surface area contributed by atoms with Crippen molar-refractivity contribution in [1.82, 2.24) is 0 Å². The third-order valence-corrected chi connectivity index (χ3v) is 4.70. The first-order valence-corrected chi connectivity index (χ1v) is 9.44. The van der Waals surface area contributed by atoms with E-state index in [0.29, 0.717) is 0 Å². The van der Waals surface area contributed by atoms with Crippen LogP contribution in [0.15, 0.2) is 88.4 Å². The van der Waals surface area contributed by atoms with Crippen molar-refractivity contribution in [3.63, 3.8) is 0 Å². The van der Waals surface area contributed by atoms with Crippen LogP contribution in [0.4, 0.5) is 5.69 Å². The van der Waals surface area contributed by atoms with Gasteiger partial charge < -0.3 is 0 Å². The number of nitrogens with zero attached hydrogens (tertiary/aromatic N) is 1. The molecule has 0 aliphatic heterocycles. The first-order valence-electron chi connectivity index (χ1n) is 7.60. The molecule has 128 valence electrons. The summed E-state index contributed by atoms with van der Waals surface area (Å²) in [4.78, 5) is 0. The molecule has 25 heavy (non-hydrogen) atoms. The van der Waals surface area contributed by atoms with Crippen LogP contribution in [0.5, 0.6) is 0 Å². The number of anilines is 1. The molecule has 3 rings (SSSR count). The summed E-state index contributed by atoms with van der Waals surface area (Å²) in [5.74, 6) is 0.902. The maximum absolute atomic E-state index is 4.23. The number of benzene rings is 3. The second-order valence-corrected chi connectivity index (χ2v) is 6.98. The van der Waals surface area contributed by atoms with E-state index in [4.69, 9.17) is 0 Å². The molecule has 0 aromatic heterocycles. The van der Waals surface area contributed by atoms with Gasteiger partial charge in [-0.15, -0.1) is 28.7 Å². The lowest BCUT2D eigenvalue weighted by Gasteiger charge is -2.03. The van der Waals surface area contributed by atoms with Crippen LogP contribution in [0.25, 0.3) is 11.1 Å². The molecule has 0 unspecified atom stereocenters. The van der Waals surface area contributed by atoms with E-state index >= 15 is 0 Å². The van der Waals surface area contributed by atoms with Gasteiger partial charge in [-0.1, -0.05) is 76.6 Å². The predicted octanol–water partition coefficient (Wildman–Crippen LogP) is 6.98. The Morgan fingerprint density at radius 2 is 1.60 bits per heavy atom. The fraction of sp³-hybridized carbons (Fsp3) is 0.0500. The summed E-state index contributed by atoms with van der Waals surface area (Å²) >= 11 is 5.11. The summed E-state index contributed by atoms with van der Waals surface area (Å²) in [6, 6.07) is 27.0. The smallest absolute Gasteiger partial charge is 0.0804 e. The molecule has 0 fully saturated rings. The van der Waals surface area contributed by atoms with Crippen LogP contribution in [-0.4, -0.2) is 5.55 Å². The van der Waals surface area contributed by atoms with Crippen molar-refractivity contribution in [3.05, 3.63) is 88.9 Å². The SMILES string of the molecule is Br.Brc1cccc(NN=CSCc2ccc(-c3ccccc3)cc2)c1. The molecule has 0 aliphatic rings. The van der Waals surface area contributed by atoms with E-state index in [9.17, 15) is 0 Å². The van der Waals surface area contributed by atoms with Crippen LogP contribution < -0.4 is 5.43 Å². The highest BCUT2D eigenvalue weighted by atomic mass is 79.9. The molecule has 0 aliphatic carbocycles. The van der Waals surface area contributed by atoms with Gasteiger partial charge in [-0.05, 0) is 34.9 Å². The Kier molecular flexibility index (Phi) is 8.25. The summed E-state index contributed by atoms with van der Waals surface area (Å²) in [5, 5.41) is 4.23. The Morgan fingerprint density at radius 3 is 2.32 bits per heavy atom. The van der Waals surface area contributed by atoms with Gasteiger partial charge in [-0.3, -0.25) is 5.43 Å². The summed E-state index contributed by atoms with van der Waals surface area (Å²) in [5.41, 5.74) is 9.60. The Bertz CT molecular complexity index is 805. The fourth-order valence-electron chi connectivity index (χ4n) is 2.25. The average molecular weight is 478 g/mol. The van der Waals surface area contributed by atoms with Gasteiger partial charge in [0.2, 0.25) is 0 Å². The van der Waals surface area contributed by atoms with E-state index in [-0.39, 0.29) is 17.0 Å². The van der Waals surface area contributed by atoms with Crippen molar-refractivity contribution in [2.45, 2.75) is 5.75 Å². The predicted molar refractivity (Wildman–Crippen MR) is 120 cm³/mol. The lowest BCUT2D eigenvalue weighted by Crippen LogP contribution is -1.88. The Balaban J connectivity index is 0.00000225. The third kappa shape index (κ3) is 6.34. The summed E-state index contributed by atoms with van der Waals surface area (Å²) in [7, 11) is 0. The summed E-state index contributed by atoms with van der Waals surface area (Å²) in [6.07, 6.45) is 0. The molecular formula is C20H18Br2N2S. The first kappa shape index (κ1) is 19.8. The maximum atomic E-state index is 4.23. The molecular weight excluding hydrogens is 460 g/mol. The highest BCUT2D eigenvalue weighted by molar-refractivity contribution is 9.10. The largest absolute Gasteiger partial charge is 0.278 e. The van der Waals surface area contributed by atoms with Gasteiger partial charge in [0.15, 0.2) is 0 Å². The number of rotatable bonds is 6. The van der Waals surface area contributed by atoms with Crippen molar-refractivity contribution >= 4 is 55.9 Å². The number of hydrogen-bond donors (Lipinski definition) is 1. The zero-order valence-electron chi connectivity index (χ0n) is 13.4. The monoisotopic (exact) mass is 476 g/mol. The zero-order chi connectivity index (χ0) is 16.6. The minimum atomic E-state index is 0. The fourth-order valence-corrected chi connectivity index (χ4v) is 3.24. The summed E-state index contributed by atoms with van der Waals surface area (Å²) in [6.45, 7) is 0. The first-order chi connectivity index (χ1) is 11.8. The maximum Gasteiger partial charge on any atom is 0.0804 e. The standard InChI is InChI=1S/C20H17BrN2S.BrH/c21-19-7-4-8-20(13-19)23-22-15-24-14-16-9-11-18(12-10-16)17-5-2-1-3-6-17;/h1-13,15,23H,14H2;1H. The van der Waals surface area contributed by atoms with E-state index in [0.717, 1.165) is 15.9 Å². The van der Waals surface area contributed by atoms with Gasteiger partial charge in [-0.25, -0.2) is 0 Å². The molecule has 3 aromatic carbocycles. The van der Waals surface area contributed by atoms with Crippen LogP contribution in [0.1, 0.15) is 5.56 Å². The highest BCUT2D eigenvalue weighted by Crippen LogP contribution is 2.21. The number of nitrogens with one attached hydrogen (secondary N) is 1. The van der Waals surface area contributed by atoms with E-state index < -0.39 is 0 Å². The number of thioether (sulfide) groups is 1. The lowest BCUT2D eigenvalue weighted by molar-refractivity contribution is 1.36. The van der Waals surface area contributed by atoms with Crippen LogP contribution in [-0.2, 0) is 5.75 Å². The van der Waals surface area contributed by atoms with Crippen molar-refractivity contribution in [2.75, 3.05) is 5.43 Å². The van der Waals surface area contributed by atoms with E-state index in [1.165, 1.54) is 16.7 Å². The second kappa shape index (κ2) is 10.4. The van der Waals surface area contributed by atoms with Gasteiger partial charge in [0.1, 0.15) is 0 Å². The normalized spacial score (nSPS) is 10.4. The van der Waals surface area contributed by atoms with Crippen molar-refractivity contribution in [3.8, 4) is 11.1 Å². The highest BCUT2D eigenvalue weighted by Gasteiger charge is 1.97. The minimum absolute atomic E-state index is 0. The molecule has 5 heteroatoms. The van der Waals surface area contributed by atoms with Crippen LogP contribution >= 0.6 is 44.7 Å². The molecule has 0 bridgehead atoms. The molecule has 3 aromatic rings. The molecule has 0 heterocycles. The lowest BCUT2D eigenvalue weighted by atomic mass is 10.0. The van der Waals surface area contributed by atoms with Gasteiger partial charge in [0.05, 0.1) is 11.2 Å². The average Bonchev–Trinajstić information content (AvgIpc) is 2.63. The van der Waals surface area contributed by atoms with Crippen LogP contribution in [0.2, 0.25) is 0 Å². The molecule has 2 nitrogen and oxygen atoms in total. The van der Waals surface area contributed by atoms with Gasteiger partial charge >= 0.3 is 0 Å². The van der Waals surface area contributed by atoms with E-state index in [1.54, 1.807) is 11.8 Å². The van der Waals surface area contributed by atoms with Crippen LogP contribution in [0, 0.1) is 0 Å². The zero-order valence-corrected chi connectivity index (χ0v) is 17.5. The van der Waals surface area contributed by atoms with Crippen molar-refractivity contribution in [1.29, 1.82) is 0 Å². The molecule has 1 N–H and O–H groups in total.